The lowest BCUT2D eigenvalue weighted by Gasteiger charge is -2.16. The molecule has 0 saturated heterocycles. The number of carbonyl (C=O) groups excluding carboxylic acids is 1. The highest BCUT2D eigenvalue weighted by atomic mass is 35.5. The van der Waals surface area contributed by atoms with Gasteiger partial charge >= 0.3 is 6.03 Å². The molecule has 0 aliphatic rings. The number of terminal acetylenes is 1. The van der Waals surface area contributed by atoms with E-state index in [1.807, 2.05) is 13.8 Å². The Morgan fingerprint density at radius 2 is 2.23 bits per heavy atom. The van der Waals surface area contributed by atoms with Crippen molar-refractivity contribution in [2.24, 2.45) is 5.92 Å². The fraction of sp³-hybridized carbons (Fsp3) is 0.667. The van der Waals surface area contributed by atoms with Crippen LogP contribution in [0.2, 0.25) is 0 Å². The van der Waals surface area contributed by atoms with Gasteiger partial charge in [0.1, 0.15) is 0 Å². The summed E-state index contributed by atoms with van der Waals surface area (Å²) in [4.78, 5) is 11.1. The second-order valence-electron chi connectivity index (χ2n) is 2.98. The van der Waals surface area contributed by atoms with Crippen molar-refractivity contribution in [3.8, 4) is 12.3 Å². The molecule has 0 unspecified atom stereocenters. The summed E-state index contributed by atoms with van der Waals surface area (Å²) in [6.45, 7) is 4.35. The molecule has 0 aromatic carbocycles. The molecule has 0 fully saturated rings. The van der Waals surface area contributed by atoms with Crippen LogP contribution in [0, 0.1) is 18.3 Å². The Morgan fingerprint density at radius 1 is 1.62 bits per heavy atom. The molecular formula is C9H15ClN2O. The van der Waals surface area contributed by atoms with Crippen molar-refractivity contribution in [1.82, 2.24) is 10.6 Å². The fourth-order valence-corrected chi connectivity index (χ4v) is 0.848. The van der Waals surface area contributed by atoms with Gasteiger partial charge in [-0.1, -0.05) is 19.8 Å². The minimum atomic E-state index is -0.266. The lowest BCUT2D eigenvalue weighted by molar-refractivity contribution is 0.237. The zero-order chi connectivity index (χ0) is 10.3. The number of urea groups is 1. The Balaban J connectivity index is 3.82. The Bertz CT molecular complexity index is 198. The minimum absolute atomic E-state index is 0.227. The van der Waals surface area contributed by atoms with E-state index in [1.54, 1.807) is 0 Å². The van der Waals surface area contributed by atoms with Crippen LogP contribution in [0.1, 0.15) is 13.8 Å². The molecule has 74 valence electrons. The first-order valence-corrected chi connectivity index (χ1v) is 4.71. The van der Waals surface area contributed by atoms with Crippen molar-refractivity contribution in [2.45, 2.75) is 19.9 Å². The van der Waals surface area contributed by atoms with Crippen LogP contribution in [-0.4, -0.2) is 24.5 Å². The molecule has 4 heteroatoms. The normalized spacial score (nSPS) is 11.9. The van der Waals surface area contributed by atoms with Crippen LogP contribution in [0.3, 0.4) is 0 Å². The zero-order valence-corrected chi connectivity index (χ0v) is 8.69. The molecule has 0 saturated carbocycles. The average Bonchev–Trinajstić information content (AvgIpc) is 2.10. The van der Waals surface area contributed by atoms with Crippen LogP contribution in [0.15, 0.2) is 0 Å². The molecule has 13 heavy (non-hydrogen) atoms. The van der Waals surface area contributed by atoms with Gasteiger partial charge in [0.15, 0.2) is 0 Å². The van der Waals surface area contributed by atoms with Crippen LogP contribution in [0.5, 0.6) is 0 Å². The van der Waals surface area contributed by atoms with Crippen LogP contribution in [-0.2, 0) is 0 Å². The maximum Gasteiger partial charge on any atom is 0.315 e. The quantitative estimate of drug-likeness (QED) is 0.522. The number of nitrogens with one attached hydrogen (secondary N) is 2. The number of amides is 2. The van der Waals surface area contributed by atoms with Gasteiger partial charge in [-0.05, 0) is 5.92 Å². The van der Waals surface area contributed by atoms with Crippen molar-refractivity contribution in [3.63, 3.8) is 0 Å². The van der Waals surface area contributed by atoms with Crippen LogP contribution >= 0.6 is 11.6 Å². The van der Waals surface area contributed by atoms with E-state index in [0.29, 0.717) is 12.4 Å². The molecule has 3 nitrogen and oxygen atoms in total. The van der Waals surface area contributed by atoms with Gasteiger partial charge in [-0.25, -0.2) is 4.79 Å². The van der Waals surface area contributed by atoms with Crippen LogP contribution in [0.25, 0.3) is 0 Å². The van der Waals surface area contributed by atoms with E-state index in [1.165, 1.54) is 0 Å². The Morgan fingerprint density at radius 3 is 2.62 bits per heavy atom. The third-order valence-electron chi connectivity index (χ3n) is 1.51. The number of alkyl halides is 1. The Hall–Kier alpha value is -0.880. The number of carbonyl (C=O) groups is 1. The summed E-state index contributed by atoms with van der Waals surface area (Å²) in [7, 11) is 0. The van der Waals surface area contributed by atoms with Crippen molar-refractivity contribution in [2.75, 3.05) is 12.4 Å². The number of hydrogen-bond donors (Lipinski definition) is 2. The van der Waals surface area contributed by atoms with Crippen molar-refractivity contribution in [1.29, 1.82) is 0 Å². The predicted octanol–water partition coefficient (Wildman–Crippen LogP) is 1.18. The molecule has 0 rings (SSSR count). The summed E-state index contributed by atoms with van der Waals surface area (Å²) in [5, 5.41) is 5.23. The SMILES string of the molecule is C#C[C@@H](NC(=O)NCCCl)C(C)C. The Labute approximate surface area is 84.2 Å². The number of halogens is 1. The van der Waals surface area contributed by atoms with Gasteiger partial charge in [-0.15, -0.1) is 18.0 Å². The fourth-order valence-electron chi connectivity index (χ4n) is 0.754. The second kappa shape index (κ2) is 6.62. The van der Waals surface area contributed by atoms with E-state index in [4.69, 9.17) is 18.0 Å². The van der Waals surface area contributed by atoms with Gasteiger partial charge in [-0.2, -0.15) is 0 Å². The predicted molar refractivity (Wildman–Crippen MR) is 54.7 cm³/mol. The average molecular weight is 203 g/mol. The summed E-state index contributed by atoms with van der Waals surface area (Å²) in [5.41, 5.74) is 0. The largest absolute Gasteiger partial charge is 0.337 e. The first-order chi connectivity index (χ1) is 6.11. The maximum absolute atomic E-state index is 11.1. The molecule has 2 N–H and O–H groups in total. The third-order valence-corrected chi connectivity index (χ3v) is 1.70. The third kappa shape index (κ3) is 5.37. The summed E-state index contributed by atoms with van der Waals surface area (Å²) in [6, 6.07) is -0.493. The zero-order valence-electron chi connectivity index (χ0n) is 7.93. The molecule has 0 aliphatic carbocycles. The number of rotatable bonds is 4. The van der Waals surface area contributed by atoms with Gasteiger partial charge in [0.05, 0.1) is 6.04 Å². The van der Waals surface area contributed by atoms with Crippen LogP contribution in [0.4, 0.5) is 4.79 Å². The van der Waals surface area contributed by atoms with E-state index in [-0.39, 0.29) is 18.0 Å². The van der Waals surface area contributed by atoms with Gasteiger partial charge in [0.2, 0.25) is 0 Å². The van der Waals surface area contributed by atoms with Crippen LogP contribution < -0.4 is 10.6 Å². The van der Waals surface area contributed by atoms with E-state index in [2.05, 4.69) is 16.6 Å². The smallest absolute Gasteiger partial charge is 0.315 e. The second-order valence-corrected chi connectivity index (χ2v) is 3.36. The summed E-state index contributed by atoms with van der Waals surface area (Å²) < 4.78 is 0. The lowest BCUT2D eigenvalue weighted by Crippen LogP contribution is -2.44. The van der Waals surface area contributed by atoms with Crippen molar-refractivity contribution in [3.05, 3.63) is 0 Å². The molecule has 0 heterocycles. The Kier molecular flexibility index (Phi) is 6.17. The summed E-state index contributed by atoms with van der Waals surface area (Å²) in [5.74, 6) is 3.13. The molecule has 1 atom stereocenters. The standard InChI is InChI=1S/C9H15ClN2O/c1-4-8(7(2)3)12-9(13)11-6-5-10/h1,7-8H,5-6H2,2-3H3,(H2,11,12,13)/t8-/m1/s1. The topological polar surface area (TPSA) is 41.1 Å². The van der Waals surface area contributed by atoms with Gasteiger partial charge in [-0.3, -0.25) is 0 Å². The van der Waals surface area contributed by atoms with E-state index in [9.17, 15) is 4.79 Å². The molecule has 0 bridgehead atoms. The highest BCUT2D eigenvalue weighted by molar-refractivity contribution is 6.18. The molecular weight excluding hydrogens is 188 g/mol. The highest BCUT2D eigenvalue weighted by Crippen LogP contribution is 1.98. The van der Waals surface area contributed by atoms with Crippen molar-refractivity contribution < 1.29 is 4.79 Å². The molecule has 0 aliphatic heterocycles. The van der Waals surface area contributed by atoms with E-state index < -0.39 is 0 Å². The van der Waals surface area contributed by atoms with E-state index >= 15 is 0 Å². The molecule has 0 aromatic heterocycles. The monoisotopic (exact) mass is 202 g/mol. The number of hydrogen-bond acceptors (Lipinski definition) is 1. The summed E-state index contributed by atoms with van der Waals surface area (Å²) >= 11 is 5.40. The molecule has 0 aromatic rings. The first kappa shape index (κ1) is 12.1. The van der Waals surface area contributed by atoms with E-state index in [0.717, 1.165) is 0 Å². The summed E-state index contributed by atoms with van der Waals surface area (Å²) in [6.07, 6.45) is 5.23. The molecule has 2 amide bonds. The molecule has 0 radical (unpaired) electrons. The molecule has 0 spiro atoms. The van der Waals surface area contributed by atoms with Gasteiger partial charge in [0.25, 0.3) is 0 Å². The minimum Gasteiger partial charge on any atom is -0.337 e. The van der Waals surface area contributed by atoms with Gasteiger partial charge < -0.3 is 10.6 Å². The van der Waals surface area contributed by atoms with Crippen molar-refractivity contribution >= 4 is 17.6 Å². The maximum atomic E-state index is 11.1. The lowest BCUT2D eigenvalue weighted by atomic mass is 10.1. The first-order valence-electron chi connectivity index (χ1n) is 4.18. The van der Waals surface area contributed by atoms with Gasteiger partial charge in [0, 0.05) is 12.4 Å². The highest BCUT2D eigenvalue weighted by Gasteiger charge is 2.11.